The summed E-state index contributed by atoms with van der Waals surface area (Å²) in [5.74, 6) is -1.01. The summed E-state index contributed by atoms with van der Waals surface area (Å²) in [5.41, 5.74) is 0.326. The van der Waals surface area contributed by atoms with Crippen molar-refractivity contribution in [3.05, 3.63) is 28.2 Å². The Morgan fingerprint density at radius 1 is 1.18 bits per heavy atom. The lowest BCUT2D eigenvalue weighted by atomic mass is 9.99. The summed E-state index contributed by atoms with van der Waals surface area (Å²) in [5, 5.41) is 5.68. The molecule has 1 aromatic rings. The van der Waals surface area contributed by atoms with Crippen LogP contribution >= 0.6 is 23.2 Å². The number of hydrogen-bond acceptors (Lipinski definition) is 2. The highest BCUT2D eigenvalue weighted by Gasteiger charge is 2.17. The van der Waals surface area contributed by atoms with Crippen LogP contribution in [-0.2, 0) is 9.59 Å². The molecule has 0 aromatic heterocycles. The number of hydrogen-bond donors (Lipinski definition) is 2. The largest absolute Gasteiger partial charge is 0.348 e. The summed E-state index contributed by atoms with van der Waals surface area (Å²) < 4.78 is 0. The molecule has 0 spiro atoms. The monoisotopic (exact) mass is 344 g/mol. The van der Waals surface area contributed by atoms with Crippen molar-refractivity contribution in [2.45, 2.75) is 39.5 Å². The van der Waals surface area contributed by atoms with Gasteiger partial charge >= 0.3 is 11.8 Å². The fraction of sp³-hybridized carbons (Fsp3) is 0.500. The van der Waals surface area contributed by atoms with E-state index in [4.69, 9.17) is 23.2 Å². The molecule has 0 aliphatic heterocycles. The van der Waals surface area contributed by atoms with Gasteiger partial charge in [-0.3, -0.25) is 9.59 Å². The Bertz CT molecular complexity index is 521. The van der Waals surface area contributed by atoms with Crippen LogP contribution in [0.25, 0.3) is 0 Å². The fourth-order valence-electron chi connectivity index (χ4n) is 2.04. The second kappa shape index (κ2) is 9.70. The number of anilines is 1. The van der Waals surface area contributed by atoms with Crippen molar-refractivity contribution in [1.82, 2.24) is 5.32 Å². The first-order valence-electron chi connectivity index (χ1n) is 7.52. The molecule has 2 N–H and O–H groups in total. The third-order valence-electron chi connectivity index (χ3n) is 3.50. The van der Waals surface area contributed by atoms with Crippen molar-refractivity contribution in [3.8, 4) is 0 Å². The van der Waals surface area contributed by atoms with Crippen LogP contribution in [0.5, 0.6) is 0 Å². The molecule has 0 heterocycles. The number of rotatable bonds is 7. The molecular weight excluding hydrogens is 323 g/mol. The zero-order valence-electron chi connectivity index (χ0n) is 12.9. The van der Waals surface area contributed by atoms with Crippen molar-refractivity contribution in [3.63, 3.8) is 0 Å². The van der Waals surface area contributed by atoms with Crippen molar-refractivity contribution in [2.75, 3.05) is 11.9 Å². The van der Waals surface area contributed by atoms with Gasteiger partial charge in [-0.2, -0.15) is 0 Å². The Kier molecular flexibility index (Phi) is 8.28. The van der Waals surface area contributed by atoms with Gasteiger partial charge in [0.2, 0.25) is 0 Å². The predicted octanol–water partition coefficient (Wildman–Crippen LogP) is 4.26. The van der Waals surface area contributed by atoms with Gasteiger partial charge in [-0.15, -0.1) is 0 Å². The van der Waals surface area contributed by atoms with Crippen molar-refractivity contribution < 1.29 is 9.59 Å². The van der Waals surface area contributed by atoms with E-state index < -0.39 is 11.8 Å². The van der Waals surface area contributed by atoms with E-state index in [1.807, 2.05) is 0 Å². The van der Waals surface area contributed by atoms with Gasteiger partial charge in [-0.05, 0) is 24.5 Å². The molecule has 0 saturated heterocycles. The van der Waals surface area contributed by atoms with E-state index >= 15 is 0 Å². The number of carbonyl (C=O) groups excluding carboxylic acids is 2. The zero-order chi connectivity index (χ0) is 16.5. The van der Waals surface area contributed by atoms with E-state index in [-0.39, 0.29) is 5.02 Å². The number of benzene rings is 1. The van der Waals surface area contributed by atoms with E-state index in [0.717, 1.165) is 25.7 Å². The summed E-state index contributed by atoms with van der Waals surface area (Å²) in [7, 11) is 0. The minimum Gasteiger partial charge on any atom is -0.348 e. The van der Waals surface area contributed by atoms with Crippen LogP contribution in [0.2, 0.25) is 10.0 Å². The first-order chi connectivity index (χ1) is 10.5. The second-order valence-electron chi connectivity index (χ2n) is 5.18. The molecule has 4 nitrogen and oxygen atoms in total. The molecule has 0 aliphatic rings. The molecule has 122 valence electrons. The summed E-state index contributed by atoms with van der Waals surface area (Å²) >= 11 is 11.8. The van der Waals surface area contributed by atoms with Gasteiger partial charge < -0.3 is 10.6 Å². The average molecular weight is 345 g/mol. The Balaban J connectivity index is 2.51. The molecule has 0 saturated carbocycles. The normalized spacial score (nSPS) is 11.8. The van der Waals surface area contributed by atoms with E-state index in [1.54, 1.807) is 18.2 Å². The maximum Gasteiger partial charge on any atom is 0.313 e. The van der Waals surface area contributed by atoms with Crippen LogP contribution in [0.15, 0.2) is 18.2 Å². The lowest BCUT2D eigenvalue weighted by Gasteiger charge is -2.15. The number of amides is 2. The minimum atomic E-state index is -0.741. The summed E-state index contributed by atoms with van der Waals surface area (Å²) in [6.45, 7) is 4.72. The van der Waals surface area contributed by atoms with E-state index in [2.05, 4.69) is 24.5 Å². The predicted molar refractivity (Wildman–Crippen MR) is 91.4 cm³/mol. The summed E-state index contributed by atoms with van der Waals surface area (Å²) in [6, 6.07) is 4.86. The zero-order valence-corrected chi connectivity index (χ0v) is 14.4. The SMILES string of the molecule is CCCCC(CC)CNC(=O)C(=O)Nc1cccc(Cl)c1Cl. The van der Waals surface area contributed by atoms with Crippen LogP contribution < -0.4 is 10.6 Å². The summed E-state index contributed by atoms with van der Waals surface area (Å²) in [4.78, 5) is 23.7. The third kappa shape index (κ3) is 5.85. The maximum absolute atomic E-state index is 11.9. The molecule has 0 radical (unpaired) electrons. The average Bonchev–Trinajstić information content (AvgIpc) is 2.51. The molecule has 0 fully saturated rings. The Hall–Kier alpha value is -1.26. The Morgan fingerprint density at radius 2 is 1.91 bits per heavy atom. The molecule has 0 aliphatic carbocycles. The molecule has 1 unspecified atom stereocenters. The fourth-order valence-corrected chi connectivity index (χ4v) is 2.39. The molecule has 1 aromatic carbocycles. The molecule has 22 heavy (non-hydrogen) atoms. The van der Waals surface area contributed by atoms with Crippen LogP contribution in [-0.4, -0.2) is 18.4 Å². The Labute approximate surface area is 141 Å². The molecule has 2 amide bonds. The van der Waals surface area contributed by atoms with Crippen molar-refractivity contribution in [2.24, 2.45) is 5.92 Å². The lowest BCUT2D eigenvalue weighted by molar-refractivity contribution is -0.136. The first kappa shape index (κ1) is 18.8. The third-order valence-corrected chi connectivity index (χ3v) is 4.32. The first-order valence-corrected chi connectivity index (χ1v) is 8.28. The maximum atomic E-state index is 11.9. The quantitative estimate of drug-likeness (QED) is 0.725. The van der Waals surface area contributed by atoms with Gasteiger partial charge in [0.05, 0.1) is 15.7 Å². The van der Waals surface area contributed by atoms with E-state index in [9.17, 15) is 9.59 Å². The van der Waals surface area contributed by atoms with Gasteiger partial charge in [0.25, 0.3) is 0 Å². The highest BCUT2D eigenvalue weighted by atomic mass is 35.5. The topological polar surface area (TPSA) is 58.2 Å². The van der Waals surface area contributed by atoms with Gasteiger partial charge in [-0.25, -0.2) is 0 Å². The standard InChI is InChI=1S/C16H22Cl2N2O2/c1-3-5-7-11(4-2)10-19-15(21)16(22)20-13-9-6-8-12(17)14(13)18/h6,8-9,11H,3-5,7,10H2,1-2H3,(H,19,21)(H,20,22). The number of unbranched alkanes of at least 4 members (excludes halogenated alkanes) is 1. The van der Waals surface area contributed by atoms with Gasteiger partial charge in [0.1, 0.15) is 0 Å². The number of nitrogens with one attached hydrogen (secondary N) is 2. The molecule has 1 rings (SSSR count). The molecule has 1 atom stereocenters. The second-order valence-corrected chi connectivity index (χ2v) is 5.97. The molecule has 0 bridgehead atoms. The smallest absolute Gasteiger partial charge is 0.313 e. The Morgan fingerprint density at radius 3 is 2.55 bits per heavy atom. The van der Waals surface area contributed by atoms with E-state index in [0.29, 0.717) is 23.2 Å². The molecule has 6 heteroatoms. The van der Waals surface area contributed by atoms with Crippen LogP contribution in [0.3, 0.4) is 0 Å². The van der Waals surface area contributed by atoms with Gasteiger partial charge in [0.15, 0.2) is 0 Å². The highest BCUT2D eigenvalue weighted by Crippen LogP contribution is 2.29. The van der Waals surface area contributed by atoms with E-state index in [1.165, 1.54) is 0 Å². The van der Waals surface area contributed by atoms with Gasteiger partial charge in [0, 0.05) is 6.54 Å². The number of carbonyl (C=O) groups is 2. The van der Waals surface area contributed by atoms with Crippen LogP contribution in [0, 0.1) is 5.92 Å². The van der Waals surface area contributed by atoms with Gasteiger partial charge in [-0.1, -0.05) is 62.4 Å². The minimum absolute atomic E-state index is 0.222. The molecular formula is C16H22Cl2N2O2. The van der Waals surface area contributed by atoms with Crippen LogP contribution in [0.1, 0.15) is 39.5 Å². The van der Waals surface area contributed by atoms with Crippen LogP contribution in [0.4, 0.5) is 5.69 Å². The van der Waals surface area contributed by atoms with Crippen molar-refractivity contribution in [1.29, 1.82) is 0 Å². The highest BCUT2D eigenvalue weighted by molar-refractivity contribution is 6.45. The lowest BCUT2D eigenvalue weighted by Crippen LogP contribution is -2.38. The number of halogens is 2. The summed E-state index contributed by atoms with van der Waals surface area (Å²) in [6.07, 6.45) is 4.27. The van der Waals surface area contributed by atoms with Crippen molar-refractivity contribution >= 4 is 40.7 Å².